The normalized spacial score (nSPS) is 23.6. The standard InChI is InChI=1S/C11H18N2O4S/c12-11(14)17-9-1-3-10(4-2-9)18(15,16)7-5-13-6-8-18/h1-4,13,15-16,18H,5-8H2,(H2,12,14). The van der Waals surface area contributed by atoms with Crippen LogP contribution < -0.4 is 15.8 Å². The zero-order valence-corrected chi connectivity index (χ0v) is 10.8. The third kappa shape index (κ3) is 2.59. The zero-order valence-electron chi connectivity index (χ0n) is 9.87. The van der Waals surface area contributed by atoms with E-state index in [9.17, 15) is 13.9 Å². The van der Waals surface area contributed by atoms with Gasteiger partial charge >= 0.3 is 6.09 Å². The minimum Gasteiger partial charge on any atom is -0.411 e. The molecule has 0 bridgehead atoms. The van der Waals surface area contributed by atoms with Gasteiger partial charge in [0.05, 0.1) is 0 Å². The second kappa shape index (κ2) is 4.43. The molecule has 0 aliphatic carbocycles. The van der Waals surface area contributed by atoms with Crippen LogP contribution in [0.2, 0.25) is 0 Å². The third-order valence-electron chi connectivity index (χ3n) is 3.17. The van der Waals surface area contributed by atoms with Crippen molar-refractivity contribution < 1.29 is 18.6 Å². The predicted molar refractivity (Wildman–Crippen MR) is 71.8 cm³/mol. The Balaban J connectivity index is 2.25. The Morgan fingerprint density at radius 1 is 1.22 bits per heavy atom. The number of hydrogen-bond donors (Lipinski definition) is 5. The highest BCUT2D eigenvalue weighted by molar-refractivity contribution is 8.41. The maximum Gasteiger partial charge on any atom is 0.409 e. The van der Waals surface area contributed by atoms with Crippen LogP contribution in [0.4, 0.5) is 4.79 Å². The summed E-state index contributed by atoms with van der Waals surface area (Å²) in [5.41, 5.74) is 4.90. The maximum absolute atomic E-state index is 10.6. The van der Waals surface area contributed by atoms with Crippen LogP contribution in [-0.4, -0.2) is 39.8 Å². The van der Waals surface area contributed by atoms with Crippen molar-refractivity contribution >= 4 is 15.8 Å². The number of carbonyl (C=O) groups is 1. The van der Waals surface area contributed by atoms with E-state index >= 15 is 0 Å². The summed E-state index contributed by atoms with van der Waals surface area (Å²) in [6, 6.07) is 6.20. The first kappa shape index (κ1) is 13.2. The quantitative estimate of drug-likeness (QED) is 0.520. The van der Waals surface area contributed by atoms with Crippen LogP contribution >= 0.6 is 9.72 Å². The van der Waals surface area contributed by atoms with Crippen molar-refractivity contribution in [2.45, 2.75) is 4.90 Å². The fourth-order valence-corrected chi connectivity index (χ4v) is 4.93. The number of hydrogen-bond acceptors (Lipinski definition) is 5. The van der Waals surface area contributed by atoms with Crippen molar-refractivity contribution in [1.82, 2.24) is 5.32 Å². The van der Waals surface area contributed by atoms with Gasteiger partial charge in [0.1, 0.15) is 5.75 Å². The monoisotopic (exact) mass is 274 g/mol. The Morgan fingerprint density at radius 2 is 1.78 bits per heavy atom. The highest BCUT2D eigenvalue weighted by Crippen LogP contribution is 2.68. The molecular formula is C11H18N2O4S. The van der Waals surface area contributed by atoms with Gasteiger partial charge in [0, 0.05) is 29.5 Å². The lowest BCUT2D eigenvalue weighted by Crippen LogP contribution is -2.41. The summed E-state index contributed by atoms with van der Waals surface area (Å²) >= 11 is 0. The van der Waals surface area contributed by atoms with E-state index in [0.29, 0.717) is 35.2 Å². The molecule has 1 fully saturated rings. The fraction of sp³-hybridized carbons (Fsp3) is 0.364. The van der Waals surface area contributed by atoms with E-state index in [1.165, 1.54) is 12.1 Å². The minimum atomic E-state index is -3.79. The molecule has 1 aliphatic heterocycles. The van der Waals surface area contributed by atoms with Crippen molar-refractivity contribution in [1.29, 1.82) is 0 Å². The predicted octanol–water partition coefficient (Wildman–Crippen LogP) is 1.12. The first-order chi connectivity index (χ1) is 8.39. The average molecular weight is 274 g/mol. The molecule has 0 aromatic heterocycles. The van der Waals surface area contributed by atoms with Crippen LogP contribution in [0.25, 0.3) is 0 Å². The van der Waals surface area contributed by atoms with E-state index in [0.717, 1.165) is 0 Å². The van der Waals surface area contributed by atoms with Gasteiger partial charge in [0.15, 0.2) is 0 Å². The number of benzene rings is 1. The second-order valence-electron chi connectivity index (χ2n) is 4.51. The Morgan fingerprint density at radius 3 is 2.28 bits per heavy atom. The lowest BCUT2D eigenvalue weighted by molar-refractivity contribution is 0.211. The summed E-state index contributed by atoms with van der Waals surface area (Å²) in [6.07, 6.45) is -0.890. The molecule has 2 rings (SSSR count). The van der Waals surface area contributed by atoms with Gasteiger partial charge in [-0.2, -0.15) is 0 Å². The van der Waals surface area contributed by atoms with Crippen molar-refractivity contribution in [2.24, 2.45) is 5.73 Å². The van der Waals surface area contributed by atoms with Crippen molar-refractivity contribution in [2.75, 3.05) is 24.6 Å². The number of carbonyl (C=O) groups excluding carboxylic acids is 1. The van der Waals surface area contributed by atoms with Gasteiger partial charge in [-0.15, -0.1) is 0 Å². The van der Waals surface area contributed by atoms with Crippen LogP contribution in [0, 0.1) is 0 Å². The molecule has 102 valence electrons. The lowest BCUT2D eigenvalue weighted by atomic mass is 10.3. The highest BCUT2D eigenvalue weighted by Gasteiger charge is 2.32. The second-order valence-corrected chi connectivity index (χ2v) is 8.71. The Hall–Kier alpha value is -1.28. The van der Waals surface area contributed by atoms with Gasteiger partial charge in [-0.05, 0) is 24.3 Å². The van der Waals surface area contributed by atoms with Crippen LogP contribution in [-0.2, 0) is 0 Å². The van der Waals surface area contributed by atoms with Gasteiger partial charge in [0.25, 0.3) is 0 Å². The smallest absolute Gasteiger partial charge is 0.409 e. The summed E-state index contributed by atoms with van der Waals surface area (Å²) in [4.78, 5) is 11.1. The number of rotatable bonds is 2. The van der Waals surface area contributed by atoms with E-state index in [2.05, 4.69) is 5.32 Å². The molecule has 1 aromatic rings. The van der Waals surface area contributed by atoms with Gasteiger partial charge < -0.3 is 24.9 Å². The van der Waals surface area contributed by atoms with Crippen molar-refractivity contribution in [3.8, 4) is 5.75 Å². The molecule has 0 spiro atoms. The van der Waals surface area contributed by atoms with Crippen molar-refractivity contribution in [3.05, 3.63) is 24.3 Å². The Bertz CT molecular complexity index is 451. The fourth-order valence-electron chi connectivity index (χ4n) is 2.10. The van der Waals surface area contributed by atoms with Crippen LogP contribution in [0.5, 0.6) is 5.75 Å². The molecule has 0 atom stereocenters. The highest BCUT2D eigenvalue weighted by atomic mass is 32.3. The molecule has 0 saturated carbocycles. The van der Waals surface area contributed by atoms with E-state index in [-0.39, 0.29) is 0 Å². The van der Waals surface area contributed by atoms with Gasteiger partial charge in [-0.3, -0.25) is 9.72 Å². The van der Waals surface area contributed by atoms with E-state index in [1.807, 2.05) is 0 Å². The molecule has 1 amide bonds. The van der Waals surface area contributed by atoms with Gasteiger partial charge in [-0.25, -0.2) is 4.79 Å². The largest absolute Gasteiger partial charge is 0.411 e. The number of thiol groups is 1. The molecule has 5 N–H and O–H groups in total. The summed E-state index contributed by atoms with van der Waals surface area (Å²) in [7, 11) is -3.79. The van der Waals surface area contributed by atoms with Crippen LogP contribution in [0.3, 0.4) is 0 Å². The molecule has 18 heavy (non-hydrogen) atoms. The van der Waals surface area contributed by atoms with E-state index in [1.54, 1.807) is 12.1 Å². The maximum atomic E-state index is 10.6. The molecule has 1 aromatic carbocycles. The molecule has 1 aliphatic rings. The zero-order chi connectivity index (χ0) is 13.3. The number of ether oxygens (including phenoxy) is 1. The third-order valence-corrected chi connectivity index (χ3v) is 6.99. The average Bonchev–Trinajstić information content (AvgIpc) is 2.29. The van der Waals surface area contributed by atoms with Crippen LogP contribution in [0.1, 0.15) is 0 Å². The Labute approximate surface area is 105 Å². The lowest BCUT2D eigenvalue weighted by Gasteiger charge is -2.61. The summed E-state index contributed by atoms with van der Waals surface area (Å²) in [5.74, 6) is 0.962. The number of amides is 1. The van der Waals surface area contributed by atoms with E-state index in [4.69, 9.17) is 10.5 Å². The molecule has 0 radical (unpaired) electrons. The topological polar surface area (TPSA) is 105 Å². The first-order valence-corrected chi connectivity index (χ1v) is 8.20. The minimum absolute atomic E-state index is 0.292. The first-order valence-electron chi connectivity index (χ1n) is 5.69. The summed E-state index contributed by atoms with van der Waals surface area (Å²) in [5, 5.41) is 3.10. The van der Waals surface area contributed by atoms with Gasteiger partial charge in [0.2, 0.25) is 0 Å². The molecule has 1 saturated heterocycles. The summed E-state index contributed by atoms with van der Waals surface area (Å²) in [6.45, 7) is 1.18. The number of nitrogens with one attached hydrogen (secondary N) is 1. The Kier molecular flexibility index (Phi) is 3.24. The number of nitrogens with two attached hydrogens (primary N) is 1. The molecule has 7 heteroatoms. The SMILES string of the molecule is NC(=O)Oc1ccc([SH]2(O)(O)CCNCC2)cc1. The van der Waals surface area contributed by atoms with Crippen molar-refractivity contribution in [3.63, 3.8) is 0 Å². The van der Waals surface area contributed by atoms with Crippen LogP contribution in [0.15, 0.2) is 29.2 Å². The van der Waals surface area contributed by atoms with Gasteiger partial charge in [-0.1, -0.05) is 0 Å². The number of primary amides is 1. The van der Waals surface area contributed by atoms with E-state index < -0.39 is 15.8 Å². The molecule has 1 heterocycles. The molecular weight excluding hydrogens is 256 g/mol. The molecule has 0 unspecified atom stereocenters. The summed E-state index contributed by atoms with van der Waals surface area (Å²) < 4.78 is 25.9. The molecule has 6 nitrogen and oxygen atoms in total.